The molecule has 0 saturated heterocycles. The molecule has 16 heavy (non-hydrogen) atoms. The number of hydrogen-bond donors (Lipinski definition) is 1. The van der Waals surface area contributed by atoms with E-state index < -0.39 is 0 Å². The van der Waals surface area contributed by atoms with Gasteiger partial charge in [0.05, 0.1) is 0 Å². The largest absolute Gasteiger partial charge is 0.353 e. The van der Waals surface area contributed by atoms with Gasteiger partial charge in [-0.2, -0.15) is 0 Å². The number of carbonyl (C=O) groups is 1. The molecule has 0 aliphatic heterocycles. The van der Waals surface area contributed by atoms with Crippen molar-refractivity contribution < 1.29 is 4.79 Å². The molecule has 0 aromatic carbocycles. The normalized spacial score (nSPS) is 27.8. The van der Waals surface area contributed by atoms with E-state index in [1.165, 1.54) is 19.3 Å². The van der Waals surface area contributed by atoms with E-state index in [0.29, 0.717) is 17.9 Å². The van der Waals surface area contributed by atoms with Crippen LogP contribution in [0, 0.1) is 17.8 Å². The van der Waals surface area contributed by atoms with E-state index in [2.05, 4.69) is 35.1 Å². The Bertz CT molecular complexity index is 230. The second-order valence-electron chi connectivity index (χ2n) is 5.35. The first kappa shape index (κ1) is 14.0. The average molecular weight is 290 g/mol. The van der Waals surface area contributed by atoms with Crippen LogP contribution in [0.25, 0.3) is 0 Å². The summed E-state index contributed by atoms with van der Waals surface area (Å²) in [6, 6.07) is 0.391. The predicted octanol–water partition coefficient (Wildman–Crippen LogP) is 3.35. The third-order valence-corrected chi connectivity index (χ3v) is 4.68. The van der Waals surface area contributed by atoms with Crippen molar-refractivity contribution in [3.63, 3.8) is 0 Å². The lowest BCUT2D eigenvalue weighted by Crippen LogP contribution is -2.45. The molecule has 0 aromatic rings. The molecule has 1 aliphatic carbocycles. The van der Waals surface area contributed by atoms with Crippen molar-refractivity contribution in [2.45, 2.75) is 52.5 Å². The van der Waals surface area contributed by atoms with Crippen LogP contribution < -0.4 is 5.32 Å². The molecule has 0 spiro atoms. The van der Waals surface area contributed by atoms with E-state index in [9.17, 15) is 4.79 Å². The average Bonchev–Trinajstić information content (AvgIpc) is 2.28. The van der Waals surface area contributed by atoms with Gasteiger partial charge in [0.15, 0.2) is 0 Å². The maximum atomic E-state index is 12.0. The van der Waals surface area contributed by atoms with Gasteiger partial charge in [0.25, 0.3) is 0 Å². The number of carbonyl (C=O) groups excluding carboxylic acids is 1. The third-order valence-electron chi connectivity index (χ3n) is 3.85. The smallest absolute Gasteiger partial charge is 0.223 e. The molecule has 0 aromatic heterocycles. The Labute approximate surface area is 108 Å². The monoisotopic (exact) mass is 289 g/mol. The second kappa shape index (κ2) is 6.63. The molecule has 1 N–H and O–H groups in total. The summed E-state index contributed by atoms with van der Waals surface area (Å²) in [4.78, 5) is 12.0. The first-order chi connectivity index (χ1) is 7.56. The molecular formula is C13H24BrNO. The van der Waals surface area contributed by atoms with Crippen molar-refractivity contribution in [1.29, 1.82) is 0 Å². The first-order valence-corrected chi connectivity index (χ1v) is 7.54. The highest BCUT2D eigenvalue weighted by molar-refractivity contribution is 9.09. The number of rotatable bonds is 4. The summed E-state index contributed by atoms with van der Waals surface area (Å²) < 4.78 is 0. The molecule has 0 radical (unpaired) electrons. The SMILES string of the molecule is CC(C)C(C)C(=O)NC1CCCCC1CBr. The zero-order chi connectivity index (χ0) is 12.1. The Morgan fingerprint density at radius 2 is 1.94 bits per heavy atom. The highest BCUT2D eigenvalue weighted by atomic mass is 79.9. The summed E-state index contributed by atoms with van der Waals surface area (Å²) >= 11 is 3.56. The van der Waals surface area contributed by atoms with E-state index in [0.717, 1.165) is 11.8 Å². The van der Waals surface area contributed by atoms with Crippen LogP contribution in [0.15, 0.2) is 0 Å². The minimum absolute atomic E-state index is 0.123. The Morgan fingerprint density at radius 1 is 1.31 bits per heavy atom. The van der Waals surface area contributed by atoms with Crippen LogP contribution in [0.2, 0.25) is 0 Å². The van der Waals surface area contributed by atoms with Crippen molar-refractivity contribution in [3.8, 4) is 0 Å². The van der Waals surface area contributed by atoms with Crippen LogP contribution in [-0.4, -0.2) is 17.3 Å². The van der Waals surface area contributed by atoms with Crippen molar-refractivity contribution in [3.05, 3.63) is 0 Å². The van der Waals surface area contributed by atoms with Gasteiger partial charge in [-0.15, -0.1) is 0 Å². The van der Waals surface area contributed by atoms with E-state index in [1.807, 2.05) is 6.92 Å². The summed E-state index contributed by atoms with van der Waals surface area (Å²) in [5.74, 6) is 1.40. The third kappa shape index (κ3) is 3.76. The maximum Gasteiger partial charge on any atom is 0.223 e. The van der Waals surface area contributed by atoms with E-state index in [4.69, 9.17) is 0 Å². The van der Waals surface area contributed by atoms with E-state index in [1.54, 1.807) is 0 Å². The minimum atomic E-state index is 0.123. The first-order valence-electron chi connectivity index (χ1n) is 6.42. The molecule has 0 heterocycles. The van der Waals surface area contributed by atoms with Gasteiger partial charge in [-0.05, 0) is 24.7 Å². The molecule has 1 rings (SSSR count). The van der Waals surface area contributed by atoms with Gasteiger partial charge >= 0.3 is 0 Å². The van der Waals surface area contributed by atoms with E-state index in [-0.39, 0.29) is 11.8 Å². The molecular weight excluding hydrogens is 266 g/mol. The lowest BCUT2D eigenvalue weighted by atomic mass is 9.85. The molecule has 2 nitrogen and oxygen atoms in total. The number of halogens is 1. The predicted molar refractivity (Wildman–Crippen MR) is 71.7 cm³/mol. The highest BCUT2D eigenvalue weighted by Gasteiger charge is 2.27. The molecule has 3 unspecified atom stereocenters. The van der Waals surface area contributed by atoms with Crippen LogP contribution in [0.3, 0.4) is 0 Å². The Balaban J connectivity index is 2.48. The van der Waals surface area contributed by atoms with Gasteiger partial charge in [0.2, 0.25) is 5.91 Å². The van der Waals surface area contributed by atoms with Crippen molar-refractivity contribution in [1.82, 2.24) is 5.32 Å². The van der Waals surface area contributed by atoms with Gasteiger partial charge < -0.3 is 5.32 Å². The lowest BCUT2D eigenvalue weighted by Gasteiger charge is -2.32. The summed E-state index contributed by atoms with van der Waals surface area (Å²) in [6.45, 7) is 6.23. The fraction of sp³-hybridized carbons (Fsp3) is 0.923. The van der Waals surface area contributed by atoms with Gasteiger partial charge in [-0.3, -0.25) is 4.79 Å². The van der Waals surface area contributed by atoms with Gasteiger partial charge in [0, 0.05) is 17.3 Å². The van der Waals surface area contributed by atoms with Gasteiger partial charge in [0.1, 0.15) is 0 Å². The lowest BCUT2D eigenvalue weighted by molar-refractivity contribution is -0.127. The van der Waals surface area contributed by atoms with Crippen molar-refractivity contribution in [2.75, 3.05) is 5.33 Å². The topological polar surface area (TPSA) is 29.1 Å². The summed E-state index contributed by atoms with van der Waals surface area (Å²) in [5, 5.41) is 4.24. The second-order valence-corrected chi connectivity index (χ2v) is 5.99. The zero-order valence-corrected chi connectivity index (χ0v) is 12.2. The van der Waals surface area contributed by atoms with Crippen LogP contribution in [0.5, 0.6) is 0 Å². The Hall–Kier alpha value is -0.0500. The summed E-state index contributed by atoms with van der Waals surface area (Å²) in [6.07, 6.45) is 4.95. The standard InChI is InChI=1S/C13H24BrNO/c1-9(2)10(3)13(16)15-12-7-5-4-6-11(12)8-14/h9-12H,4-8H2,1-3H3,(H,15,16). The number of amides is 1. The molecule has 1 fully saturated rings. The van der Waals surface area contributed by atoms with Crippen molar-refractivity contribution in [2.24, 2.45) is 17.8 Å². The van der Waals surface area contributed by atoms with Crippen LogP contribution in [0.4, 0.5) is 0 Å². The molecule has 94 valence electrons. The molecule has 1 amide bonds. The molecule has 1 saturated carbocycles. The molecule has 3 atom stereocenters. The molecule has 3 heteroatoms. The van der Waals surface area contributed by atoms with Crippen molar-refractivity contribution >= 4 is 21.8 Å². The van der Waals surface area contributed by atoms with Crippen LogP contribution in [0.1, 0.15) is 46.5 Å². The van der Waals surface area contributed by atoms with Crippen LogP contribution in [-0.2, 0) is 4.79 Å². The Morgan fingerprint density at radius 3 is 2.50 bits per heavy atom. The highest BCUT2D eigenvalue weighted by Crippen LogP contribution is 2.26. The fourth-order valence-electron chi connectivity index (χ4n) is 2.20. The Kier molecular flexibility index (Phi) is 5.81. The van der Waals surface area contributed by atoms with E-state index >= 15 is 0 Å². The number of nitrogens with one attached hydrogen (secondary N) is 1. The molecule has 1 aliphatic rings. The van der Waals surface area contributed by atoms with Gasteiger partial charge in [-0.1, -0.05) is 49.5 Å². The fourth-order valence-corrected chi connectivity index (χ4v) is 2.97. The summed E-state index contributed by atoms with van der Waals surface area (Å²) in [5.41, 5.74) is 0. The van der Waals surface area contributed by atoms with Gasteiger partial charge in [-0.25, -0.2) is 0 Å². The number of alkyl halides is 1. The number of hydrogen-bond acceptors (Lipinski definition) is 1. The zero-order valence-electron chi connectivity index (χ0n) is 10.6. The molecule has 0 bridgehead atoms. The summed E-state index contributed by atoms with van der Waals surface area (Å²) in [7, 11) is 0. The van der Waals surface area contributed by atoms with Crippen LogP contribution >= 0.6 is 15.9 Å². The minimum Gasteiger partial charge on any atom is -0.353 e. The quantitative estimate of drug-likeness (QED) is 0.790. The maximum absolute atomic E-state index is 12.0.